The quantitative estimate of drug-likeness (QED) is 0.717. The van der Waals surface area contributed by atoms with Crippen LogP contribution in [0.3, 0.4) is 0 Å². The van der Waals surface area contributed by atoms with Crippen molar-refractivity contribution in [3.05, 3.63) is 0 Å². The van der Waals surface area contributed by atoms with Crippen molar-refractivity contribution in [2.24, 2.45) is 11.3 Å². The molecule has 0 amide bonds. The van der Waals surface area contributed by atoms with Crippen molar-refractivity contribution < 1.29 is 15.0 Å². The SMILES string of the molecule is CC1CCCC(C(=O)O)(C(C)(C)O)C1. The Labute approximate surface area is 85.1 Å². The van der Waals surface area contributed by atoms with Crippen LogP contribution in [0, 0.1) is 11.3 Å². The van der Waals surface area contributed by atoms with Crippen LogP contribution in [-0.2, 0) is 4.79 Å². The maximum absolute atomic E-state index is 11.3. The number of hydrogen-bond donors (Lipinski definition) is 2. The first-order valence-electron chi connectivity index (χ1n) is 5.25. The lowest BCUT2D eigenvalue weighted by atomic mass is 9.62. The Bertz CT molecular complexity index is 229. The van der Waals surface area contributed by atoms with Crippen molar-refractivity contribution in [1.29, 1.82) is 0 Å². The lowest BCUT2D eigenvalue weighted by Crippen LogP contribution is -2.51. The van der Waals surface area contributed by atoms with E-state index in [-0.39, 0.29) is 0 Å². The Kier molecular flexibility index (Phi) is 2.91. The highest BCUT2D eigenvalue weighted by Crippen LogP contribution is 2.46. The van der Waals surface area contributed by atoms with Crippen LogP contribution in [0.5, 0.6) is 0 Å². The molecule has 0 saturated heterocycles. The first-order valence-corrected chi connectivity index (χ1v) is 5.25. The van der Waals surface area contributed by atoms with Gasteiger partial charge in [0.25, 0.3) is 0 Å². The molecule has 0 aromatic rings. The second kappa shape index (κ2) is 3.54. The lowest BCUT2D eigenvalue weighted by molar-refractivity contribution is -0.172. The molecule has 1 aliphatic carbocycles. The van der Waals surface area contributed by atoms with E-state index in [9.17, 15) is 15.0 Å². The fourth-order valence-corrected chi connectivity index (χ4v) is 2.56. The summed E-state index contributed by atoms with van der Waals surface area (Å²) < 4.78 is 0. The standard InChI is InChI=1S/C11H20O3/c1-8-5-4-6-11(7-8,9(12)13)10(2,3)14/h8,14H,4-7H2,1-3H3,(H,12,13). The summed E-state index contributed by atoms with van der Waals surface area (Å²) in [7, 11) is 0. The summed E-state index contributed by atoms with van der Waals surface area (Å²) in [5, 5.41) is 19.3. The minimum atomic E-state index is -1.13. The number of aliphatic hydroxyl groups is 1. The number of carbonyl (C=O) groups is 1. The van der Waals surface area contributed by atoms with Gasteiger partial charge in [-0.05, 0) is 32.6 Å². The molecule has 3 nitrogen and oxygen atoms in total. The largest absolute Gasteiger partial charge is 0.481 e. The maximum Gasteiger partial charge on any atom is 0.312 e. The van der Waals surface area contributed by atoms with E-state index in [0.29, 0.717) is 18.8 Å². The Morgan fingerprint density at radius 2 is 2.07 bits per heavy atom. The molecular weight excluding hydrogens is 180 g/mol. The predicted molar refractivity (Wildman–Crippen MR) is 54.0 cm³/mol. The number of rotatable bonds is 2. The van der Waals surface area contributed by atoms with Crippen LogP contribution >= 0.6 is 0 Å². The molecule has 82 valence electrons. The van der Waals surface area contributed by atoms with Crippen molar-refractivity contribution in [3.8, 4) is 0 Å². The topological polar surface area (TPSA) is 57.5 Å². The van der Waals surface area contributed by atoms with Gasteiger partial charge in [0, 0.05) is 0 Å². The van der Waals surface area contributed by atoms with Crippen molar-refractivity contribution in [2.75, 3.05) is 0 Å². The first-order chi connectivity index (χ1) is 6.29. The molecule has 3 heteroatoms. The Hall–Kier alpha value is -0.570. The van der Waals surface area contributed by atoms with Gasteiger partial charge in [0.05, 0.1) is 11.0 Å². The number of aliphatic carboxylic acids is 1. The smallest absolute Gasteiger partial charge is 0.312 e. The monoisotopic (exact) mass is 200 g/mol. The molecule has 1 saturated carbocycles. The zero-order valence-corrected chi connectivity index (χ0v) is 9.21. The van der Waals surface area contributed by atoms with Crippen LogP contribution in [0.25, 0.3) is 0 Å². The van der Waals surface area contributed by atoms with E-state index in [1.54, 1.807) is 13.8 Å². The number of hydrogen-bond acceptors (Lipinski definition) is 2. The molecule has 1 aliphatic rings. The summed E-state index contributed by atoms with van der Waals surface area (Å²) in [4.78, 5) is 11.3. The average molecular weight is 200 g/mol. The van der Waals surface area contributed by atoms with E-state index in [0.717, 1.165) is 12.8 Å². The molecule has 0 bridgehead atoms. The molecule has 0 aromatic heterocycles. The van der Waals surface area contributed by atoms with Crippen LogP contribution < -0.4 is 0 Å². The molecule has 0 spiro atoms. The Morgan fingerprint density at radius 1 is 1.50 bits per heavy atom. The molecule has 1 rings (SSSR count). The summed E-state index contributed by atoms with van der Waals surface area (Å²) >= 11 is 0. The second-order valence-electron chi connectivity index (χ2n) is 5.15. The Balaban J connectivity index is 2.98. The highest BCUT2D eigenvalue weighted by atomic mass is 16.4. The molecule has 0 aliphatic heterocycles. The van der Waals surface area contributed by atoms with Gasteiger partial charge >= 0.3 is 5.97 Å². The summed E-state index contributed by atoms with van der Waals surface area (Å²) in [5.41, 5.74) is -2.07. The molecule has 2 unspecified atom stereocenters. The highest BCUT2D eigenvalue weighted by molar-refractivity contribution is 5.76. The average Bonchev–Trinajstić information content (AvgIpc) is 2.01. The van der Waals surface area contributed by atoms with Gasteiger partial charge in [-0.3, -0.25) is 4.79 Å². The minimum Gasteiger partial charge on any atom is -0.481 e. The molecule has 2 N–H and O–H groups in total. The van der Waals surface area contributed by atoms with Crippen LogP contribution in [0.2, 0.25) is 0 Å². The summed E-state index contributed by atoms with van der Waals surface area (Å²) in [6.45, 7) is 5.28. The van der Waals surface area contributed by atoms with E-state index < -0.39 is 17.0 Å². The van der Waals surface area contributed by atoms with Gasteiger partial charge in [0.1, 0.15) is 0 Å². The van der Waals surface area contributed by atoms with Gasteiger partial charge in [0.15, 0.2) is 0 Å². The van der Waals surface area contributed by atoms with Crippen LogP contribution in [-0.4, -0.2) is 21.8 Å². The number of carboxylic acids is 1. The molecule has 2 atom stereocenters. The Morgan fingerprint density at radius 3 is 2.36 bits per heavy atom. The minimum absolute atomic E-state index is 0.395. The maximum atomic E-state index is 11.3. The van der Waals surface area contributed by atoms with Gasteiger partial charge in [-0.2, -0.15) is 0 Å². The second-order valence-corrected chi connectivity index (χ2v) is 5.15. The summed E-state index contributed by atoms with van der Waals surface area (Å²) in [5.74, 6) is -0.456. The molecule has 14 heavy (non-hydrogen) atoms. The van der Waals surface area contributed by atoms with Crippen molar-refractivity contribution in [3.63, 3.8) is 0 Å². The van der Waals surface area contributed by atoms with E-state index in [1.165, 1.54) is 0 Å². The van der Waals surface area contributed by atoms with Gasteiger partial charge < -0.3 is 10.2 Å². The zero-order valence-electron chi connectivity index (χ0n) is 9.21. The van der Waals surface area contributed by atoms with Gasteiger partial charge in [-0.1, -0.05) is 19.8 Å². The van der Waals surface area contributed by atoms with Gasteiger partial charge in [-0.25, -0.2) is 0 Å². The van der Waals surface area contributed by atoms with Crippen LogP contribution in [0.15, 0.2) is 0 Å². The molecular formula is C11H20O3. The fourth-order valence-electron chi connectivity index (χ4n) is 2.56. The van der Waals surface area contributed by atoms with E-state index >= 15 is 0 Å². The fraction of sp³-hybridized carbons (Fsp3) is 0.909. The summed E-state index contributed by atoms with van der Waals surface area (Å²) in [6.07, 6.45) is 3.16. The van der Waals surface area contributed by atoms with E-state index in [1.807, 2.05) is 0 Å². The number of carboxylic acid groups (broad SMARTS) is 1. The summed E-state index contributed by atoms with van der Waals surface area (Å²) in [6, 6.07) is 0. The molecule has 0 aromatic carbocycles. The zero-order chi connectivity index (χ0) is 11.0. The normalized spacial score (nSPS) is 34.1. The predicted octanol–water partition coefficient (Wildman–Crippen LogP) is 2.04. The van der Waals surface area contributed by atoms with Gasteiger partial charge in [0.2, 0.25) is 0 Å². The van der Waals surface area contributed by atoms with Crippen LogP contribution in [0.1, 0.15) is 46.5 Å². The van der Waals surface area contributed by atoms with Crippen molar-refractivity contribution in [2.45, 2.75) is 52.1 Å². The van der Waals surface area contributed by atoms with Gasteiger partial charge in [-0.15, -0.1) is 0 Å². The third kappa shape index (κ3) is 1.78. The third-order valence-corrected chi connectivity index (χ3v) is 3.58. The van der Waals surface area contributed by atoms with Crippen molar-refractivity contribution in [1.82, 2.24) is 0 Å². The van der Waals surface area contributed by atoms with E-state index in [2.05, 4.69) is 6.92 Å². The van der Waals surface area contributed by atoms with Crippen molar-refractivity contribution >= 4 is 5.97 Å². The highest BCUT2D eigenvalue weighted by Gasteiger charge is 2.52. The molecule has 0 radical (unpaired) electrons. The first kappa shape index (κ1) is 11.5. The third-order valence-electron chi connectivity index (χ3n) is 3.58. The molecule has 0 heterocycles. The molecule has 1 fully saturated rings. The lowest BCUT2D eigenvalue weighted by Gasteiger charge is -2.44. The van der Waals surface area contributed by atoms with Crippen LogP contribution in [0.4, 0.5) is 0 Å². The van der Waals surface area contributed by atoms with E-state index in [4.69, 9.17) is 0 Å².